The third-order valence-electron chi connectivity index (χ3n) is 6.18. The molecule has 3 aromatic rings. The first-order valence-electron chi connectivity index (χ1n) is 11.0. The van der Waals surface area contributed by atoms with Crippen molar-refractivity contribution in [2.24, 2.45) is 5.92 Å². The maximum Gasteiger partial charge on any atom is 0.228 e. The molecule has 0 radical (unpaired) electrons. The van der Waals surface area contributed by atoms with E-state index in [0.29, 0.717) is 49.9 Å². The predicted octanol–water partition coefficient (Wildman–Crippen LogP) is 2.45. The Morgan fingerprint density at radius 1 is 1.06 bits per heavy atom. The maximum atomic E-state index is 13.1. The Morgan fingerprint density at radius 2 is 1.91 bits per heavy atom. The van der Waals surface area contributed by atoms with Crippen LogP contribution in [0.3, 0.4) is 0 Å². The van der Waals surface area contributed by atoms with E-state index in [1.807, 2.05) is 53.4 Å². The van der Waals surface area contributed by atoms with Crippen molar-refractivity contribution in [2.45, 2.75) is 6.42 Å². The molecular weight excluding hydrogens is 422 g/mol. The van der Waals surface area contributed by atoms with Crippen molar-refractivity contribution < 1.29 is 18.7 Å². The van der Waals surface area contributed by atoms with E-state index in [1.165, 1.54) is 0 Å². The zero-order valence-electron chi connectivity index (χ0n) is 18.4. The summed E-state index contributed by atoms with van der Waals surface area (Å²) in [5.41, 5.74) is 1.44. The van der Waals surface area contributed by atoms with Gasteiger partial charge in [-0.1, -0.05) is 6.07 Å². The van der Waals surface area contributed by atoms with Crippen LogP contribution in [0.25, 0.3) is 11.5 Å². The Hall–Kier alpha value is -3.88. The van der Waals surface area contributed by atoms with Gasteiger partial charge in [-0.3, -0.25) is 9.59 Å². The van der Waals surface area contributed by atoms with E-state index >= 15 is 0 Å². The van der Waals surface area contributed by atoms with Crippen molar-refractivity contribution in [1.29, 1.82) is 0 Å². The highest BCUT2D eigenvalue weighted by Gasteiger charge is 2.38. The number of nitrogens with zero attached hydrogens (tertiary/aromatic N) is 5. The molecule has 2 aliphatic rings. The highest BCUT2D eigenvalue weighted by atomic mass is 16.5. The molecule has 1 atom stereocenters. The fourth-order valence-electron chi connectivity index (χ4n) is 4.36. The van der Waals surface area contributed by atoms with E-state index in [4.69, 9.17) is 9.15 Å². The third kappa shape index (κ3) is 4.26. The molecule has 9 nitrogen and oxygen atoms in total. The first kappa shape index (κ1) is 21.0. The summed E-state index contributed by atoms with van der Waals surface area (Å²) in [6, 6.07) is 14.8. The van der Waals surface area contributed by atoms with E-state index < -0.39 is 0 Å². The Bertz CT molecular complexity index is 1120. The molecule has 9 heteroatoms. The van der Waals surface area contributed by atoms with Gasteiger partial charge in [0.15, 0.2) is 11.6 Å². The third-order valence-corrected chi connectivity index (χ3v) is 6.18. The van der Waals surface area contributed by atoms with Crippen molar-refractivity contribution in [2.75, 3.05) is 49.6 Å². The molecule has 2 saturated heterocycles. The Labute approximate surface area is 191 Å². The lowest BCUT2D eigenvalue weighted by atomic mass is 10.1. The van der Waals surface area contributed by atoms with Gasteiger partial charge < -0.3 is 23.9 Å². The monoisotopic (exact) mass is 447 g/mol. The van der Waals surface area contributed by atoms with Crippen LogP contribution in [-0.2, 0) is 9.59 Å². The van der Waals surface area contributed by atoms with Gasteiger partial charge in [-0.15, -0.1) is 10.2 Å². The van der Waals surface area contributed by atoms with Crippen LogP contribution in [0.2, 0.25) is 0 Å². The molecule has 0 saturated carbocycles. The van der Waals surface area contributed by atoms with Crippen molar-refractivity contribution in [3.05, 3.63) is 54.8 Å². The average molecular weight is 447 g/mol. The van der Waals surface area contributed by atoms with Gasteiger partial charge in [0, 0.05) is 50.9 Å². The van der Waals surface area contributed by atoms with Crippen LogP contribution >= 0.6 is 0 Å². The number of amides is 2. The Balaban J connectivity index is 1.18. The fraction of sp³-hybridized carbons (Fsp3) is 0.333. The molecule has 2 fully saturated rings. The predicted molar refractivity (Wildman–Crippen MR) is 122 cm³/mol. The van der Waals surface area contributed by atoms with Crippen LogP contribution in [0, 0.1) is 5.92 Å². The van der Waals surface area contributed by atoms with Gasteiger partial charge in [0.25, 0.3) is 0 Å². The fourth-order valence-corrected chi connectivity index (χ4v) is 4.36. The number of rotatable bonds is 5. The first-order chi connectivity index (χ1) is 16.1. The lowest BCUT2D eigenvalue weighted by Gasteiger charge is -2.36. The normalized spacial score (nSPS) is 18.6. The van der Waals surface area contributed by atoms with Crippen LogP contribution in [0.1, 0.15) is 6.42 Å². The summed E-state index contributed by atoms with van der Waals surface area (Å²) in [6.45, 7) is 2.90. The van der Waals surface area contributed by atoms with Gasteiger partial charge in [0.2, 0.25) is 11.8 Å². The molecule has 170 valence electrons. The smallest absolute Gasteiger partial charge is 0.228 e. The number of furan rings is 1. The molecule has 0 aliphatic carbocycles. The summed E-state index contributed by atoms with van der Waals surface area (Å²) in [5.74, 6) is 1.81. The summed E-state index contributed by atoms with van der Waals surface area (Å²) in [4.78, 5) is 31.4. The number of methoxy groups -OCH3 is 1. The summed E-state index contributed by atoms with van der Waals surface area (Å²) in [5, 5.41) is 8.58. The average Bonchev–Trinajstić information content (AvgIpc) is 3.54. The number of aromatic nitrogens is 2. The molecule has 2 amide bonds. The van der Waals surface area contributed by atoms with Crippen LogP contribution in [0.4, 0.5) is 11.5 Å². The molecule has 33 heavy (non-hydrogen) atoms. The summed E-state index contributed by atoms with van der Waals surface area (Å²) >= 11 is 0. The van der Waals surface area contributed by atoms with E-state index in [1.54, 1.807) is 18.3 Å². The number of carbonyl (C=O) groups excluding carboxylic acids is 2. The molecule has 1 unspecified atom stereocenters. The Kier molecular flexibility index (Phi) is 5.68. The topological polar surface area (TPSA) is 92.0 Å². The molecule has 1 aromatic carbocycles. The zero-order chi connectivity index (χ0) is 22.8. The standard InChI is InChI=1S/C24H25N5O4/c1-32-19-5-2-4-18(15-19)29-16-17(14-23(29)30)24(31)28-11-9-27(10-12-28)22-8-7-20(25-26-22)21-6-3-13-33-21/h2-8,13,15,17H,9-12,14,16H2,1H3. The van der Waals surface area contributed by atoms with Crippen LogP contribution in [0.5, 0.6) is 5.75 Å². The number of benzene rings is 1. The quantitative estimate of drug-likeness (QED) is 0.593. The maximum absolute atomic E-state index is 13.1. The largest absolute Gasteiger partial charge is 0.497 e. The van der Waals surface area contributed by atoms with Gasteiger partial charge >= 0.3 is 0 Å². The summed E-state index contributed by atoms with van der Waals surface area (Å²) in [7, 11) is 1.59. The van der Waals surface area contributed by atoms with Crippen molar-refractivity contribution >= 4 is 23.3 Å². The van der Waals surface area contributed by atoms with Crippen LogP contribution in [-0.4, -0.2) is 66.7 Å². The van der Waals surface area contributed by atoms with Gasteiger partial charge in [0.1, 0.15) is 11.4 Å². The van der Waals surface area contributed by atoms with Crippen LogP contribution < -0.4 is 14.5 Å². The van der Waals surface area contributed by atoms with E-state index in [9.17, 15) is 9.59 Å². The summed E-state index contributed by atoms with van der Waals surface area (Å²) in [6.07, 6.45) is 1.84. The second kappa shape index (κ2) is 8.93. The molecule has 4 heterocycles. The number of carbonyl (C=O) groups is 2. The second-order valence-corrected chi connectivity index (χ2v) is 8.17. The molecule has 5 rings (SSSR count). The minimum Gasteiger partial charge on any atom is -0.497 e. The number of hydrogen-bond acceptors (Lipinski definition) is 7. The van der Waals surface area contributed by atoms with E-state index in [2.05, 4.69) is 15.1 Å². The number of anilines is 2. The molecule has 2 aromatic heterocycles. The summed E-state index contributed by atoms with van der Waals surface area (Å²) < 4.78 is 10.6. The minimum absolute atomic E-state index is 0.0349. The number of ether oxygens (including phenoxy) is 1. The van der Waals surface area contributed by atoms with Gasteiger partial charge in [-0.05, 0) is 36.4 Å². The molecule has 2 aliphatic heterocycles. The first-order valence-corrected chi connectivity index (χ1v) is 11.0. The van der Waals surface area contributed by atoms with Crippen molar-refractivity contribution in [3.8, 4) is 17.2 Å². The minimum atomic E-state index is -0.331. The highest BCUT2D eigenvalue weighted by molar-refractivity contribution is 6.00. The molecule has 0 N–H and O–H groups in total. The zero-order valence-corrected chi connectivity index (χ0v) is 18.4. The SMILES string of the molecule is COc1cccc(N2CC(C(=O)N3CCN(c4ccc(-c5ccco5)nn4)CC3)CC2=O)c1. The molecular formula is C24H25N5O4. The number of piperazine rings is 1. The van der Waals surface area contributed by atoms with Gasteiger partial charge in [0.05, 0.1) is 19.3 Å². The van der Waals surface area contributed by atoms with Crippen molar-refractivity contribution in [3.63, 3.8) is 0 Å². The number of hydrogen-bond donors (Lipinski definition) is 0. The Morgan fingerprint density at radius 3 is 2.61 bits per heavy atom. The lowest BCUT2D eigenvalue weighted by molar-refractivity contribution is -0.136. The lowest BCUT2D eigenvalue weighted by Crippen LogP contribution is -2.51. The van der Waals surface area contributed by atoms with E-state index in [0.717, 1.165) is 11.5 Å². The van der Waals surface area contributed by atoms with Crippen LogP contribution in [0.15, 0.2) is 59.2 Å². The van der Waals surface area contributed by atoms with Gasteiger partial charge in [-0.2, -0.15) is 0 Å². The van der Waals surface area contributed by atoms with Gasteiger partial charge in [-0.25, -0.2) is 0 Å². The second-order valence-electron chi connectivity index (χ2n) is 8.17. The van der Waals surface area contributed by atoms with E-state index in [-0.39, 0.29) is 24.2 Å². The highest BCUT2D eigenvalue weighted by Crippen LogP contribution is 2.29. The molecule has 0 bridgehead atoms. The van der Waals surface area contributed by atoms with Crippen molar-refractivity contribution in [1.82, 2.24) is 15.1 Å². The molecule has 0 spiro atoms.